The lowest BCUT2D eigenvalue weighted by atomic mass is 10.1. The maximum absolute atomic E-state index is 12.8. The van der Waals surface area contributed by atoms with Crippen LogP contribution < -0.4 is 5.73 Å². The predicted octanol–water partition coefficient (Wildman–Crippen LogP) is 3.90. The average molecular weight is 324 g/mol. The zero-order valence-corrected chi connectivity index (χ0v) is 12.3. The summed E-state index contributed by atoms with van der Waals surface area (Å²) in [6, 6.07) is 8.33. The molecule has 0 amide bonds. The number of furan rings is 1. The highest BCUT2D eigenvalue weighted by Gasteiger charge is 2.32. The Morgan fingerprint density at radius 1 is 1.22 bits per heavy atom. The summed E-state index contributed by atoms with van der Waals surface area (Å²) in [6.45, 7) is 1.95. The molecule has 2 N–H and O–H groups in total. The van der Waals surface area contributed by atoms with E-state index in [1.165, 1.54) is 11.1 Å². The van der Waals surface area contributed by atoms with Crippen molar-refractivity contribution in [3.05, 3.63) is 71.0 Å². The second kappa shape index (κ2) is 5.66. The molecule has 2 heterocycles. The molecule has 2 aromatic rings. The molecule has 3 rings (SSSR count). The fraction of sp³-hybridized carbons (Fsp3) is 0.250. The van der Waals surface area contributed by atoms with E-state index in [4.69, 9.17) is 15.0 Å². The summed E-state index contributed by atoms with van der Waals surface area (Å²) in [4.78, 5) is 5.40. The fourth-order valence-corrected chi connectivity index (χ4v) is 2.45. The predicted molar refractivity (Wildman–Crippen MR) is 76.5 cm³/mol. The summed E-state index contributed by atoms with van der Waals surface area (Å²) in [5.74, 6) is 1.55. The van der Waals surface area contributed by atoms with Crippen LogP contribution in [0.25, 0.3) is 0 Å². The summed E-state index contributed by atoms with van der Waals surface area (Å²) in [6.07, 6.45) is -2.72. The van der Waals surface area contributed by atoms with Gasteiger partial charge in [-0.25, -0.2) is 0 Å². The number of nitrogens with zero attached hydrogens (tertiary/aromatic N) is 1. The van der Waals surface area contributed by atoms with E-state index in [0.29, 0.717) is 11.3 Å². The van der Waals surface area contributed by atoms with Crippen molar-refractivity contribution in [2.24, 2.45) is 5.73 Å². The van der Waals surface area contributed by atoms with E-state index in [9.17, 15) is 13.2 Å². The Bertz CT molecular complexity index is 737. The smallest absolute Gasteiger partial charge is 0.416 e. The molecular formula is C16H15F3N2O2. The van der Waals surface area contributed by atoms with Crippen LogP contribution in [-0.2, 0) is 17.6 Å². The van der Waals surface area contributed by atoms with Crippen molar-refractivity contribution in [2.45, 2.75) is 25.7 Å². The van der Waals surface area contributed by atoms with Crippen molar-refractivity contribution in [3.8, 4) is 0 Å². The Labute approximate surface area is 130 Å². The van der Waals surface area contributed by atoms with Crippen molar-refractivity contribution >= 4 is 0 Å². The van der Waals surface area contributed by atoms with Crippen LogP contribution in [0.2, 0.25) is 0 Å². The second-order valence-corrected chi connectivity index (χ2v) is 5.33. The normalized spacial score (nSPS) is 18.8. The first-order chi connectivity index (χ1) is 10.8. The molecule has 0 bridgehead atoms. The molecule has 7 heteroatoms. The number of benzene rings is 1. The van der Waals surface area contributed by atoms with Gasteiger partial charge in [-0.3, -0.25) is 0 Å². The van der Waals surface area contributed by atoms with Crippen LogP contribution in [0.4, 0.5) is 13.2 Å². The summed E-state index contributed by atoms with van der Waals surface area (Å²) >= 11 is 0. The van der Waals surface area contributed by atoms with Crippen LogP contribution in [0.3, 0.4) is 0 Å². The standard InChI is InChI=1S/C16H15F3N2O2/c1-10-5-6-14(22-10)13-8-15(20)23-21(13)9-11-3-2-4-12(7-11)16(17,18)19/h2-8,13H,9,20H2,1H3. The zero-order chi connectivity index (χ0) is 16.6. The minimum atomic E-state index is -4.38. The molecule has 1 aromatic heterocycles. The molecule has 122 valence electrons. The molecule has 0 spiro atoms. The highest BCUT2D eigenvalue weighted by molar-refractivity contribution is 5.26. The van der Waals surface area contributed by atoms with Crippen LogP contribution in [0.15, 0.2) is 52.8 Å². The lowest BCUT2D eigenvalue weighted by Gasteiger charge is -2.21. The molecule has 1 aromatic carbocycles. The van der Waals surface area contributed by atoms with Gasteiger partial charge in [-0.2, -0.15) is 13.2 Å². The average Bonchev–Trinajstić information content (AvgIpc) is 3.04. The lowest BCUT2D eigenvalue weighted by molar-refractivity contribution is -0.139. The summed E-state index contributed by atoms with van der Waals surface area (Å²) in [5.41, 5.74) is 5.46. The van der Waals surface area contributed by atoms with Gasteiger partial charge in [0.15, 0.2) is 0 Å². The second-order valence-electron chi connectivity index (χ2n) is 5.33. The van der Waals surface area contributed by atoms with Crippen LogP contribution >= 0.6 is 0 Å². The molecule has 4 nitrogen and oxygen atoms in total. The van der Waals surface area contributed by atoms with Gasteiger partial charge in [0.05, 0.1) is 12.1 Å². The molecule has 0 aliphatic carbocycles. The summed E-state index contributed by atoms with van der Waals surface area (Å²) < 4.78 is 44.0. The SMILES string of the molecule is Cc1ccc(C2C=C(N)ON2Cc2cccc(C(F)(F)F)c2)o1. The number of hydrogen-bond acceptors (Lipinski definition) is 4. The molecule has 0 fully saturated rings. The maximum atomic E-state index is 12.8. The Morgan fingerprint density at radius 2 is 2.00 bits per heavy atom. The molecule has 1 atom stereocenters. The van der Waals surface area contributed by atoms with Gasteiger partial charge in [-0.15, -0.1) is 5.06 Å². The van der Waals surface area contributed by atoms with Crippen molar-refractivity contribution in [2.75, 3.05) is 0 Å². The molecule has 1 aliphatic heterocycles. The van der Waals surface area contributed by atoms with E-state index in [1.807, 2.05) is 6.92 Å². The summed E-state index contributed by atoms with van der Waals surface area (Å²) in [5, 5.41) is 1.49. The van der Waals surface area contributed by atoms with Crippen molar-refractivity contribution in [3.63, 3.8) is 0 Å². The third kappa shape index (κ3) is 3.34. The number of hydrogen-bond donors (Lipinski definition) is 1. The van der Waals surface area contributed by atoms with Gasteiger partial charge >= 0.3 is 6.18 Å². The van der Waals surface area contributed by atoms with Crippen molar-refractivity contribution in [1.29, 1.82) is 0 Å². The highest BCUT2D eigenvalue weighted by atomic mass is 19.4. The van der Waals surface area contributed by atoms with Crippen LogP contribution in [0.5, 0.6) is 0 Å². The Morgan fingerprint density at radius 3 is 2.65 bits per heavy atom. The van der Waals surface area contributed by atoms with Gasteiger partial charge in [0.25, 0.3) is 0 Å². The van der Waals surface area contributed by atoms with Crippen LogP contribution in [-0.4, -0.2) is 5.06 Å². The van der Waals surface area contributed by atoms with E-state index < -0.39 is 11.7 Å². The molecule has 1 unspecified atom stereocenters. The van der Waals surface area contributed by atoms with Gasteiger partial charge < -0.3 is 15.0 Å². The third-order valence-electron chi connectivity index (χ3n) is 3.50. The van der Waals surface area contributed by atoms with E-state index in [2.05, 4.69) is 0 Å². The van der Waals surface area contributed by atoms with Gasteiger partial charge in [0.2, 0.25) is 5.88 Å². The molecule has 0 saturated carbocycles. The quantitative estimate of drug-likeness (QED) is 0.930. The molecule has 0 radical (unpaired) electrons. The van der Waals surface area contributed by atoms with E-state index in [-0.39, 0.29) is 18.5 Å². The van der Waals surface area contributed by atoms with Crippen molar-refractivity contribution in [1.82, 2.24) is 5.06 Å². The number of aryl methyl sites for hydroxylation is 1. The topological polar surface area (TPSA) is 51.6 Å². The van der Waals surface area contributed by atoms with E-state index >= 15 is 0 Å². The minimum absolute atomic E-state index is 0.144. The van der Waals surface area contributed by atoms with Crippen molar-refractivity contribution < 1.29 is 22.4 Å². The van der Waals surface area contributed by atoms with Gasteiger partial charge in [-0.05, 0) is 30.7 Å². The molecule has 1 aliphatic rings. The molecule has 23 heavy (non-hydrogen) atoms. The fourth-order valence-electron chi connectivity index (χ4n) is 2.45. The first-order valence-corrected chi connectivity index (χ1v) is 6.97. The van der Waals surface area contributed by atoms with Crippen LogP contribution in [0.1, 0.15) is 28.7 Å². The van der Waals surface area contributed by atoms with Gasteiger partial charge in [-0.1, -0.05) is 18.2 Å². The van der Waals surface area contributed by atoms with Gasteiger partial charge in [0, 0.05) is 6.08 Å². The minimum Gasteiger partial charge on any atom is -0.464 e. The first-order valence-electron chi connectivity index (χ1n) is 6.97. The lowest BCUT2D eigenvalue weighted by Crippen LogP contribution is -2.23. The highest BCUT2D eigenvalue weighted by Crippen LogP contribution is 2.34. The Balaban J connectivity index is 1.82. The number of rotatable bonds is 3. The molecular weight excluding hydrogens is 309 g/mol. The zero-order valence-electron chi connectivity index (χ0n) is 12.3. The summed E-state index contributed by atoms with van der Waals surface area (Å²) in [7, 11) is 0. The van der Waals surface area contributed by atoms with E-state index in [1.54, 1.807) is 24.3 Å². The number of hydroxylamine groups is 2. The largest absolute Gasteiger partial charge is 0.464 e. The van der Waals surface area contributed by atoms with E-state index in [0.717, 1.165) is 17.9 Å². The molecule has 0 saturated heterocycles. The third-order valence-corrected chi connectivity index (χ3v) is 3.50. The Kier molecular flexibility index (Phi) is 3.81. The van der Waals surface area contributed by atoms with Gasteiger partial charge in [0.1, 0.15) is 17.6 Å². The van der Waals surface area contributed by atoms with Crippen LogP contribution in [0, 0.1) is 6.92 Å². The number of nitrogens with two attached hydrogens (primary N) is 1. The number of halogens is 3. The maximum Gasteiger partial charge on any atom is 0.416 e. The monoisotopic (exact) mass is 324 g/mol. The number of alkyl halides is 3. The Hall–Kier alpha value is -2.41. The first kappa shape index (κ1) is 15.5.